The molecule has 3 aliphatic rings. The van der Waals surface area contributed by atoms with E-state index in [9.17, 15) is 4.79 Å². The summed E-state index contributed by atoms with van der Waals surface area (Å²) in [6, 6.07) is 0.0993. The summed E-state index contributed by atoms with van der Waals surface area (Å²) in [6.45, 7) is 0. The lowest BCUT2D eigenvalue weighted by atomic mass is 9.77. The monoisotopic (exact) mass is 325 g/mol. The fourth-order valence-electron chi connectivity index (χ4n) is 3.09. The molecule has 3 aliphatic carbocycles. The highest BCUT2D eigenvalue weighted by atomic mass is 127. The van der Waals surface area contributed by atoms with Gasteiger partial charge >= 0.3 is 0 Å². The van der Waals surface area contributed by atoms with E-state index >= 15 is 0 Å². The molecule has 0 amide bonds. The number of fused-ring (bicyclic) bond motifs is 2. The van der Waals surface area contributed by atoms with E-state index in [2.05, 4.69) is 51.9 Å². The third-order valence-corrected chi connectivity index (χ3v) is 5.17. The van der Waals surface area contributed by atoms with Crippen LogP contribution in [0.25, 0.3) is 0 Å². The zero-order chi connectivity index (χ0) is 11.1. The number of rotatable bonds is 1. The molecule has 3 rings (SSSR count). The van der Waals surface area contributed by atoms with E-state index in [1.807, 2.05) is 0 Å². The van der Waals surface area contributed by atoms with Gasteiger partial charge in [-0.2, -0.15) is 0 Å². The molecule has 1 fully saturated rings. The van der Waals surface area contributed by atoms with E-state index < -0.39 is 0 Å². The normalized spacial score (nSPS) is 39.6. The second kappa shape index (κ2) is 3.97. The van der Waals surface area contributed by atoms with Crippen molar-refractivity contribution in [2.24, 2.45) is 16.8 Å². The summed E-state index contributed by atoms with van der Waals surface area (Å²) in [4.78, 5) is 14.6. The molecule has 0 aliphatic heterocycles. The Kier molecular flexibility index (Phi) is 2.60. The quantitative estimate of drug-likeness (QED) is 0.315. The Morgan fingerprint density at radius 2 is 2.31 bits per heavy atom. The topological polar surface area (TPSA) is 29.4 Å². The first-order valence-corrected chi connectivity index (χ1v) is 6.86. The average molecular weight is 325 g/mol. The van der Waals surface area contributed by atoms with E-state index in [0.717, 1.165) is 6.42 Å². The molecule has 0 saturated heterocycles. The first kappa shape index (κ1) is 10.5. The van der Waals surface area contributed by atoms with Gasteiger partial charge in [-0.3, -0.25) is 0 Å². The summed E-state index contributed by atoms with van der Waals surface area (Å²) in [5.74, 6) is 0.783. The molecule has 0 N–H and O–H groups in total. The van der Waals surface area contributed by atoms with Gasteiger partial charge in [-0.15, -0.1) is 0 Å². The number of halogens is 1. The number of alkyl halides is 1. The molecule has 0 radical (unpaired) electrons. The van der Waals surface area contributed by atoms with Crippen LogP contribution in [0.4, 0.5) is 0 Å². The molecule has 0 aromatic heterocycles. The van der Waals surface area contributed by atoms with Crippen LogP contribution in [0.15, 0.2) is 40.4 Å². The van der Waals surface area contributed by atoms with Crippen molar-refractivity contribution in [3.63, 3.8) is 0 Å². The first-order valence-electron chi connectivity index (χ1n) is 5.62. The van der Waals surface area contributed by atoms with E-state index in [1.165, 1.54) is 17.6 Å². The lowest BCUT2D eigenvalue weighted by Gasteiger charge is -2.31. The SMILES string of the molecule is O=C=NC1C2C=CC=C2C=C2C(I)CCC21. The van der Waals surface area contributed by atoms with Crippen molar-refractivity contribution in [1.29, 1.82) is 0 Å². The Bertz CT molecular complexity index is 457. The number of nitrogens with zero attached hydrogens (tertiary/aromatic N) is 1. The Labute approximate surface area is 108 Å². The molecule has 0 aromatic carbocycles. The summed E-state index contributed by atoms with van der Waals surface area (Å²) in [5, 5.41) is 0. The van der Waals surface area contributed by atoms with Crippen LogP contribution in [0.5, 0.6) is 0 Å². The summed E-state index contributed by atoms with van der Waals surface area (Å²) in [7, 11) is 0. The lowest BCUT2D eigenvalue weighted by Crippen LogP contribution is -2.30. The van der Waals surface area contributed by atoms with Gasteiger partial charge in [-0.1, -0.05) is 52.5 Å². The lowest BCUT2D eigenvalue weighted by molar-refractivity contribution is 0.418. The number of hydrogen-bond acceptors (Lipinski definition) is 2. The molecule has 2 nitrogen and oxygen atoms in total. The highest BCUT2D eigenvalue weighted by Crippen LogP contribution is 2.48. The van der Waals surface area contributed by atoms with Crippen LogP contribution in [0.3, 0.4) is 0 Å². The fraction of sp³-hybridized carbons (Fsp3) is 0.462. The third kappa shape index (κ3) is 1.45. The molecule has 4 atom stereocenters. The van der Waals surface area contributed by atoms with Gasteiger partial charge in [-0.05, 0) is 18.4 Å². The van der Waals surface area contributed by atoms with Crippen LogP contribution in [-0.2, 0) is 4.79 Å². The first-order chi connectivity index (χ1) is 7.81. The molecule has 1 saturated carbocycles. The van der Waals surface area contributed by atoms with Gasteiger partial charge in [0.2, 0.25) is 6.08 Å². The Morgan fingerprint density at radius 1 is 1.44 bits per heavy atom. The maximum Gasteiger partial charge on any atom is 0.235 e. The van der Waals surface area contributed by atoms with Gasteiger partial charge in [0, 0.05) is 15.8 Å². The van der Waals surface area contributed by atoms with Crippen molar-refractivity contribution in [1.82, 2.24) is 0 Å². The Hall–Kier alpha value is -0.670. The summed E-state index contributed by atoms with van der Waals surface area (Å²) < 4.78 is 0.620. The molecule has 4 unspecified atom stereocenters. The van der Waals surface area contributed by atoms with Crippen molar-refractivity contribution in [2.45, 2.75) is 22.8 Å². The summed E-state index contributed by atoms with van der Waals surface area (Å²) in [5.41, 5.74) is 2.80. The van der Waals surface area contributed by atoms with Gasteiger partial charge in [0.25, 0.3) is 0 Å². The van der Waals surface area contributed by atoms with E-state index in [-0.39, 0.29) is 6.04 Å². The van der Waals surface area contributed by atoms with Gasteiger partial charge in [0.15, 0.2) is 0 Å². The van der Waals surface area contributed by atoms with Gasteiger partial charge in [0.05, 0.1) is 6.04 Å². The number of allylic oxidation sites excluding steroid dienone is 3. The number of hydrogen-bond donors (Lipinski definition) is 0. The van der Waals surface area contributed by atoms with E-state index in [1.54, 1.807) is 6.08 Å². The molecule has 16 heavy (non-hydrogen) atoms. The largest absolute Gasteiger partial charge is 0.235 e. The molecule has 0 spiro atoms. The molecule has 3 heteroatoms. The van der Waals surface area contributed by atoms with E-state index in [0.29, 0.717) is 15.8 Å². The smallest absolute Gasteiger partial charge is 0.211 e. The summed E-state index contributed by atoms with van der Waals surface area (Å²) in [6.07, 6.45) is 12.8. The second-order valence-electron chi connectivity index (χ2n) is 4.58. The maximum absolute atomic E-state index is 10.6. The minimum absolute atomic E-state index is 0.0993. The zero-order valence-electron chi connectivity index (χ0n) is 8.77. The van der Waals surface area contributed by atoms with E-state index in [4.69, 9.17) is 0 Å². The fourth-order valence-corrected chi connectivity index (χ4v) is 4.10. The van der Waals surface area contributed by atoms with Crippen LogP contribution in [0, 0.1) is 11.8 Å². The molecular formula is C13H12INO. The molecular weight excluding hydrogens is 313 g/mol. The van der Waals surface area contributed by atoms with Crippen molar-refractivity contribution in [3.05, 3.63) is 35.5 Å². The van der Waals surface area contributed by atoms with Crippen LogP contribution in [0.1, 0.15) is 12.8 Å². The second-order valence-corrected chi connectivity index (χ2v) is 6.09. The zero-order valence-corrected chi connectivity index (χ0v) is 10.9. The van der Waals surface area contributed by atoms with Crippen molar-refractivity contribution in [2.75, 3.05) is 0 Å². The molecule has 0 bridgehead atoms. The van der Waals surface area contributed by atoms with Gasteiger partial charge in [-0.25, -0.2) is 9.79 Å². The predicted octanol–water partition coefficient (Wildman–Crippen LogP) is 2.96. The van der Waals surface area contributed by atoms with Crippen LogP contribution < -0.4 is 0 Å². The third-order valence-electron chi connectivity index (χ3n) is 3.83. The van der Waals surface area contributed by atoms with Crippen molar-refractivity contribution >= 4 is 28.7 Å². The minimum Gasteiger partial charge on any atom is -0.211 e. The Balaban J connectivity index is 2.06. The predicted molar refractivity (Wildman–Crippen MR) is 71.2 cm³/mol. The number of aliphatic imine (C=N–C) groups is 1. The average Bonchev–Trinajstić information content (AvgIpc) is 2.87. The van der Waals surface area contributed by atoms with Gasteiger partial charge in [0.1, 0.15) is 0 Å². The van der Waals surface area contributed by atoms with Crippen molar-refractivity contribution < 1.29 is 4.79 Å². The maximum atomic E-state index is 10.6. The standard InChI is InChI=1S/C13H12INO/c14-12-5-4-10-11(12)6-8-2-1-3-9(8)13(10)15-7-16/h1-3,6,9-10,12-13H,4-5H2. The number of isocyanates is 1. The highest BCUT2D eigenvalue weighted by Gasteiger charge is 2.42. The van der Waals surface area contributed by atoms with Crippen LogP contribution >= 0.6 is 22.6 Å². The molecule has 0 aromatic rings. The minimum atomic E-state index is 0.0993. The van der Waals surface area contributed by atoms with Crippen LogP contribution in [0.2, 0.25) is 0 Å². The van der Waals surface area contributed by atoms with Gasteiger partial charge < -0.3 is 0 Å². The summed E-state index contributed by atoms with van der Waals surface area (Å²) >= 11 is 2.50. The highest BCUT2D eigenvalue weighted by molar-refractivity contribution is 14.1. The molecule has 0 heterocycles. The number of carbonyl (C=O) groups excluding carboxylic acids is 1. The molecule has 82 valence electrons. The van der Waals surface area contributed by atoms with Crippen molar-refractivity contribution in [3.8, 4) is 0 Å². The van der Waals surface area contributed by atoms with Crippen LogP contribution in [-0.4, -0.2) is 16.0 Å². The Morgan fingerprint density at radius 3 is 3.12 bits per heavy atom.